The fraction of sp³-hybridized carbons (Fsp3) is 0.500. The monoisotopic (exact) mass is 325 g/mol. The molecule has 0 atom stereocenters. The van der Waals surface area contributed by atoms with Crippen LogP contribution in [0.15, 0.2) is 30.3 Å². The lowest BCUT2D eigenvalue weighted by molar-refractivity contribution is -0.140. The first kappa shape index (κ1) is 15.3. The molecule has 1 aliphatic heterocycles. The van der Waals surface area contributed by atoms with Crippen molar-refractivity contribution in [3.8, 4) is 0 Å². The number of nitrogens with zero attached hydrogens (tertiary/aromatic N) is 4. The topological polar surface area (TPSA) is 63.1 Å². The van der Waals surface area contributed by atoms with Gasteiger partial charge in [-0.2, -0.15) is 0 Å². The van der Waals surface area contributed by atoms with Gasteiger partial charge in [0.1, 0.15) is 5.82 Å². The van der Waals surface area contributed by atoms with Crippen molar-refractivity contribution in [3.05, 3.63) is 47.5 Å². The van der Waals surface area contributed by atoms with Gasteiger partial charge < -0.3 is 14.8 Å². The minimum atomic E-state index is 0.181. The summed E-state index contributed by atoms with van der Waals surface area (Å²) in [6, 6.07) is 10.8. The van der Waals surface area contributed by atoms with Gasteiger partial charge in [0, 0.05) is 31.5 Å². The maximum Gasteiger partial charge on any atom is 0.226 e. The third-order valence-electron chi connectivity index (χ3n) is 5.24. The zero-order valence-corrected chi connectivity index (χ0v) is 14.0. The third-order valence-corrected chi connectivity index (χ3v) is 5.24. The van der Waals surface area contributed by atoms with Crippen LogP contribution < -0.4 is 5.32 Å². The predicted octanol–water partition coefficient (Wildman–Crippen LogP) is 1.21. The Morgan fingerprint density at radius 1 is 1.21 bits per heavy atom. The van der Waals surface area contributed by atoms with Gasteiger partial charge in [-0.1, -0.05) is 30.3 Å². The highest BCUT2D eigenvalue weighted by atomic mass is 16.2. The molecule has 1 aromatic heterocycles. The van der Waals surface area contributed by atoms with Crippen LogP contribution in [-0.2, 0) is 24.3 Å². The SMILES string of the molecule is CNC1CC(C(=O)N2CCn3c(Cc4ccccc4)nnc3C2)C1. The van der Waals surface area contributed by atoms with Crippen molar-refractivity contribution >= 4 is 5.91 Å². The van der Waals surface area contributed by atoms with Crippen LogP contribution in [0.1, 0.15) is 30.1 Å². The van der Waals surface area contributed by atoms with Crippen molar-refractivity contribution < 1.29 is 4.79 Å². The van der Waals surface area contributed by atoms with Crippen molar-refractivity contribution in [2.45, 2.75) is 38.4 Å². The molecule has 0 bridgehead atoms. The van der Waals surface area contributed by atoms with Gasteiger partial charge in [0.2, 0.25) is 5.91 Å². The first-order valence-corrected chi connectivity index (χ1v) is 8.65. The van der Waals surface area contributed by atoms with Crippen LogP contribution in [0, 0.1) is 5.92 Å². The molecule has 0 spiro atoms. The Morgan fingerprint density at radius 3 is 2.75 bits per heavy atom. The summed E-state index contributed by atoms with van der Waals surface area (Å²) in [5.41, 5.74) is 1.23. The number of fused-ring (bicyclic) bond motifs is 1. The number of amides is 1. The Kier molecular flexibility index (Phi) is 4.06. The van der Waals surface area contributed by atoms with Crippen molar-refractivity contribution in [1.82, 2.24) is 25.0 Å². The lowest BCUT2D eigenvalue weighted by Crippen LogP contribution is -2.49. The average molecular weight is 325 g/mol. The van der Waals surface area contributed by atoms with Crippen molar-refractivity contribution in [2.24, 2.45) is 5.92 Å². The number of aromatic nitrogens is 3. The molecule has 1 saturated carbocycles. The fourth-order valence-corrected chi connectivity index (χ4v) is 3.63. The van der Waals surface area contributed by atoms with E-state index in [0.29, 0.717) is 12.6 Å². The lowest BCUT2D eigenvalue weighted by Gasteiger charge is -2.38. The molecule has 1 amide bonds. The van der Waals surface area contributed by atoms with Gasteiger partial charge in [0.15, 0.2) is 5.82 Å². The van der Waals surface area contributed by atoms with Crippen LogP contribution in [-0.4, -0.2) is 45.2 Å². The largest absolute Gasteiger partial charge is 0.333 e. The third kappa shape index (κ3) is 2.82. The number of benzene rings is 1. The van der Waals surface area contributed by atoms with Crippen molar-refractivity contribution in [3.63, 3.8) is 0 Å². The maximum absolute atomic E-state index is 12.6. The molecular weight excluding hydrogens is 302 g/mol. The van der Waals surface area contributed by atoms with E-state index in [1.165, 1.54) is 5.56 Å². The van der Waals surface area contributed by atoms with Crippen LogP contribution in [0.2, 0.25) is 0 Å². The van der Waals surface area contributed by atoms with E-state index in [-0.39, 0.29) is 11.8 Å². The molecule has 24 heavy (non-hydrogen) atoms. The van der Waals surface area contributed by atoms with Crippen LogP contribution in [0.3, 0.4) is 0 Å². The molecule has 1 aliphatic carbocycles. The summed E-state index contributed by atoms with van der Waals surface area (Å²) < 4.78 is 2.17. The molecule has 2 heterocycles. The molecule has 0 radical (unpaired) electrons. The van der Waals surface area contributed by atoms with Crippen LogP contribution in [0.25, 0.3) is 0 Å². The van der Waals surface area contributed by atoms with Gasteiger partial charge in [-0.05, 0) is 25.5 Å². The van der Waals surface area contributed by atoms with E-state index in [0.717, 1.165) is 44.0 Å². The van der Waals surface area contributed by atoms with Crippen LogP contribution in [0.4, 0.5) is 0 Å². The Labute approximate surface area is 141 Å². The molecule has 1 N–H and O–H groups in total. The smallest absolute Gasteiger partial charge is 0.226 e. The van der Waals surface area contributed by atoms with E-state index in [9.17, 15) is 4.79 Å². The number of carbonyl (C=O) groups is 1. The molecule has 126 valence electrons. The number of rotatable bonds is 4. The van der Waals surface area contributed by atoms with Crippen LogP contribution >= 0.6 is 0 Å². The molecule has 6 nitrogen and oxygen atoms in total. The summed E-state index contributed by atoms with van der Waals surface area (Å²) >= 11 is 0. The van der Waals surface area contributed by atoms with Gasteiger partial charge >= 0.3 is 0 Å². The minimum absolute atomic E-state index is 0.181. The van der Waals surface area contributed by atoms with Crippen LogP contribution in [0.5, 0.6) is 0 Å². The summed E-state index contributed by atoms with van der Waals surface area (Å²) in [6.07, 6.45) is 2.70. The Hall–Kier alpha value is -2.21. The average Bonchev–Trinajstić information content (AvgIpc) is 2.97. The molecule has 1 fully saturated rings. The van der Waals surface area contributed by atoms with E-state index < -0.39 is 0 Å². The summed E-state index contributed by atoms with van der Waals surface area (Å²) in [7, 11) is 1.96. The highest BCUT2D eigenvalue weighted by molar-refractivity contribution is 5.80. The van der Waals surface area contributed by atoms with E-state index in [1.807, 2.05) is 30.1 Å². The Bertz CT molecular complexity index is 720. The molecule has 4 rings (SSSR count). The predicted molar refractivity (Wildman–Crippen MR) is 90.3 cm³/mol. The molecule has 6 heteroatoms. The standard InChI is InChI=1S/C18H23N5O/c1-19-15-10-14(11-15)18(24)22-7-8-23-16(20-21-17(23)12-22)9-13-5-3-2-4-6-13/h2-6,14-15,19H,7-12H2,1H3. The summed E-state index contributed by atoms with van der Waals surface area (Å²) in [4.78, 5) is 14.5. The van der Waals surface area contributed by atoms with E-state index >= 15 is 0 Å². The second kappa shape index (κ2) is 6.36. The molecule has 1 aromatic carbocycles. The first-order valence-electron chi connectivity index (χ1n) is 8.65. The second-order valence-corrected chi connectivity index (χ2v) is 6.76. The van der Waals surface area contributed by atoms with Gasteiger partial charge in [-0.3, -0.25) is 4.79 Å². The molecular formula is C18H23N5O. The number of hydrogen-bond acceptors (Lipinski definition) is 4. The first-order chi connectivity index (χ1) is 11.7. The summed E-state index contributed by atoms with van der Waals surface area (Å²) in [5, 5.41) is 11.9. The minimum Gasteiger partial charge on any atom is -0.333 e. The molecule has 0 unspecified atom stereocenters. The Morgan fingerprint density at radius 2 is 2.00 bits per heavy atom. The highest BCUT2D eigenvalue weighted by Gasteiger charge is 2.37. The van der Waals surface area contributed by atoms with E-state index in [4.69, 9.17) is 0 Å². The summed E-state index contributed by atoms with van der Waals surface area (Å²) in [5.74, 6) is 2.35. The highest BCUT2D eigenvalue weighted by Crippen LogP contribution is 2.30. The van der Waals surface area contributed by atoms with Gasteiger partial charge in [0.05, 0.1) is 6.54 Å². The van der Waals surface area contributed by atoms with Crippen molar-refractivity contribution in [2.75, 3.05) is 13.6 Å². The van der Waals surface area contributed by atoms with E-state index in [2.05, 4.69) is 32.2 Å². The summed E-state index contributed by atoms with van der Waals surface area (Å²) in [6.45, 7) is 2.13. The normalized spacial score (nSPS) is 22.8. The second-order valence-electron chi connectivity index (χ2n) is 6.76. The number of nitrogens with one attached hydrogen (secondary N) is 1. The molecule has 0 saturated heterocycles. The maximum atomic E-state index is 12.6. The van der Waals surface area contributed by atoms with Gasteiger partial charge in [-0.15, -0.1) is 10.2 Å². The molecule has 2 aromatic rings. The van der Waals surface area contributed by atoms with E-state index in [1.54, 1.807) is 0 Å². The van der Waals surface area contributed by atoms with Crippen molar-refractivity contribution in [1.29, 1.82) is 0 Å². The zero-order chi connectivity index (χ0) is 16.5. The lowest BCUT2D eigenvalue weighted by atomic mass is 9.79. The fourth-order valence-electron chi connectivity index (χ4n) is 3.63. The Balaban J connectivity index is 1.42. The zero-order valence-electron chi connectivity index (χ0n) is 14.0. The van der Waals surface area contributed by atoms with Gasteiger partial charge in [-0.25, -0.2) is 0 Å². The quantitative estimate of drug-likeness (QED) is 0.918. The van der Waals surface area contributed by atoms with Gasteiger partial charge in [0.25, 0.3) is 0 Å². The molecule has 2 aliphatic rings. The number of carbonyl (C=O) groups excluding carboxylic acids is 1. The number of hydrogen-bond donors (Lipinski definition) is 1.